The van der Waals surface area contributed by atoms with Gasteiger partial charge in [-0.3, -0.25) is 4.98 Å². The molecule has 0 spiro atoms. The maximum absolute atomic E-state index is 13.8. The van der Waals surface area contributed by atoms with Gasteiger partial charge in [-0.25, -0.2) is 4.39 Å². The van der Waals surface area contributed by atoms with Crippen molar-refractivity contribution in [3.63, 3.8) is 0 Å². The minimum Gasteiger partial charge on any atom is -0.388 e. The van der Waals surface area contributed by atoms with Crippen LogP contribution in [-0.2, 0) is 6.42 Å². The van der Waals surface area contributed by atoms with Crippen LogP contribution in [0.4, 0.5) is 4.39 Å². The number of aliphatic hydroxyl groups is 1. The molecule has 1 unspecified atom stereocenters. The number of fused-ring (bicyclic) bond motifs is 1. The average Bonchev–Trinajstić information content (AvgIpc) is 2.91. The number of aromatic nitrogens is 1. The van der Waals surface area contributed by atoms with E-state index in [0.717, 1.165) is 10.2 Å². The second kappa shape index (κ2) is 5.48. The summed E-state index contributed by atoms with van der Waals surface area (Å²) in [5, 5.41) is 12.3. The van der Waals surface area contributed by atoms with E-state index in [2.05, 4.69) is 4.98 Å². The third-order valence-corrected chi connectivity index (χ3v) is 4.30. The van der Waals surface area contributed by atoms with Gasteiger partial charge in [0, 0.05) is 18.2 Å². The molecule has 0 aliphatic rings. The smallest absolute Gasteiger partial charge is 0.145 e. The number of hydrogen-bond donors (Lipinski definition) is 1. The lowest BCUT2D eigenvalue weighted by Crippen LogP contribution is -2.04. The molecule has 5 heteroatoms. The van der Waals surface area contributed by atoms with Gasteiger partial charge in [-0.05, 0) is 29.1 Å². The zero-order chi connectivity index (χ0) is 14.1. The van der Waals surface area contributed by atoms with Crippen molar-refractivity contribution in [1.82, 2.24) is 4.98 Å². The van der Waals surface area contributed by atoms with Crippen molar-refractivity contribution in [3.8, 4) is 0 Å². The molecule has 0 radical (unpaired) electrons. The summed E-state index contributed by atoms with van der Waals surface area (Å²) >= 11 is 7.30. The fraction of sp³-hybridized carbons (Fsp3) is 0.133. The quantitative estimate of drug-likeness (QED) is 0.779. The van der Waals surface area contributed by atoms with Crippen molar-refractivity contribution in [2.24, 2.45) is 0 Å². The molecule has 1 aromatic carbocycles. The van der Waals surface area contributed by atoms with Crippen LogP contribution in [0.1, 0.15) is 17.2 Å². The van der Waals surface area contributed by atoms with Gasteiger partial charge in [0.15, 0.2) is 0 Å². The standard InChI is InChI=1S/C15H11ClFNOS/c16-11-3-1-2-9(15(11)17)6-13(19)10-7-14-12(18-8-10)4-5-20-14/h1-5,7-8,13,19H,6H2. The first kappa shape index (κ1) is 13.5. The van der Waals surface area contributed by atoms with E-state index >= 15 is 0 Å². The van der Waals surface area contributed by atoms with E-state index in [1.165, 1.54) is 6.07 Å². The maximum Gasteiger partial charge on any atom is 0.145 e. The van der Waals surface area contributed by atoms with Gasteiger partial charge in [0.25, 0.3) is 0 Å². The monoisotopic (exact) mass is 307 g/mol. The molecule has 0 fully saturated rings. The minimum absolute atomic E-state index is 0.0709. The predicted molar refractivity (Wildman–Crippen MR) is 79.7 cm³/mol. The van der Waals surface area contributed by atoms with Crippen LogP contribution in [0.15, 0.2) is 41.9 Å². The van der Waals surface area contributed by atoms with Crippen LogP contribution in [0, 0.1) is 5.82 Å². The van der Waals surface area contributed by atoms with E-state index in [0.29, 0.717) is 11.1 Å². The molecule has 0 saturated carbocycles. The topological polar surface area (TPSA) is 33.1 Å². The van der Waals surface area contributed by atoms with E-state index < -0.39 is 11.9 Å². The van der Waals surface area contributed by atoms with Crippen molar-refractivity contribution in [1.29, 1.82) is 0 Å². The van der Waals surface area contributed by atoms with Gasteiger partial charge in [0.1, 0.15) is 5.82 Å². The third kappa shape index (κ3) is 2.54. The number of benzene rings is 1. The van der Waals surface area contributed by atoms with Crippen molar-refractivity contribution < 1.29 is 9.50 Å². The normalized spacial score (nSPS) is 12.8. The van der Waals surface area contributed by atoms with E-state index in [-0.39, 0.29) is 11.4 Å². The summed E-state index contributed by atoms with van der Waals surface area (Å²) in [6.07, 6.45) is 0.995. The Morgan fingerprint density at radius 2 is 2.20 bits per heavy atom. The molecule has 102 valence electrons. The Labute approximate surface area is 124 Å². The number of pyridine rings is 1. The first-order chi connectivity index (χ1) is 9.65. The van der Waals surface area contributed by atoms with Gasteiger partial charge in [-0.1, -0.05) is 23.7 Å². The van der Waals surface area contributed by atoms with Crippen molar-refractivity contribution >= 4 is 33.2 Å². The molecule has 2 nitrogen and oxygen atoms in total. The lowest BCUT2D eigenvalue weighted by Gasteiger charge is -2.12. The largest absolute Gasteiger partial charge is 0.388 e. The Morgan fingerprint density at radius 1 is 1.35 bits per heavy atom. The first-order valence-corrected chi connectivity index (χ1v) is 7.35. The van der Waals surface area contributed by atoms with Crippen LogP contribution >= 0.6 is 22.9 Å². The van der Waals surface area contributed by atoms with Crippen LogP contribution in [0.25, 0.3) is 10.2 Å². The molecule has 2 aromatic heterocycles. The van der Waals surface area contributed by atoms with Gasteiger partial charge in [-0.2, -0.15) is 0 Å². The molecule has 0 saturated heterocycles. The highest BCUT2D eigenvalue weighted by Gasteiger charge is 2.14. The summed E-state index contributed by atoms with van der Waals surface area (Å²) in [5.41, 5.74) is 1.98. The molecule has 0 bridgehead atoms. The summed E-state index contributed by atoms with van der Waals surface area (Å²) in [5.74, 6) is -0.474. The number of hydrogen-bond acceptors (Lipinski definition) is 3. The summed E-state index contributed by atoms with van der Waals surface area (Å²) in [6, 6.07) is 8.61. The van der Waals surface area contributed by atoms with Gasteiger partial charge in [0.2, 0.25) is 0 Å². The van der Waals surface area contributed by atoms with E-state index in [1.807, 2.05) is 17.5 Å². The summed E-state index contributed by atoms with van der Waals surface area (Å²) < 4.78 is 14.8. The number of aliphatic hydroxyl groups excluding tert-OH is 1. The van der Waals surface area contributed by atoms with Gasteiger partial charge in [0.05, 0.1) is 21.3 Å². The van der Waals surface area contributed by atoms with Crippen LogP contribution in [0.3, 0.4) is 0 Å². The summed E-state index contributed by atoms with van der Waals surface area (Å²) in [6.45, 7) is 0. The van der Waals surface area contributed by atoms with Crippen LogP contribution in [0.5, 0.6) is 0 Å². The minimum atomic E-state index is -0.804. The fourth-order valence-corrected chi connectivity index (χ4v) is 3.06. The summed E-state index contributed by atoms with van der Waals surface area (Å²) in [4.78, 5) is 4.27. The first-order valence-electron chi connectivity index (χ1n) is 6.09. The molecular weight excluding hydrogens is 297 g/mol. The second-order valence-corrected chi connectivity index (χ2v) is 5.86. The van der Waals surface area contributed by atoms with Crippen molar-refractivity contribution in [2.45, 2.75) is 12.5 Å². The number of nitrogens with zero attached hydrogens (tertiary/aromatic N) is 1. The molecule has 2 heterocycles. The van der Waals surface area contributed by atoms with Crippen molar-refractivity contribution in [2.75, 3.05) is 0 Å². The van der Waals surface area contributed by atoms with E-state index in [4.69, 9.17) is 11.6 Å². The molecule has 0 aliphatic heterocycles. The Balaban J connectivity index is 1.88. The molecule has 3 rings (SSSR count). The van der Waals surface area contributed by atoms with Gasteiger partial charge < -0.3 is 5.11 Å². The Kier molecular flexibility index (Phi) is 3.70. The maximum atomic E-state index is 13.8. The zero-order valence-electron chi connectivity index (χ0n) is 10.4. The molecule has 1 N–H and O–H groups in total. The highest BCUT2D eigenvalue weighted by atomic mass is 35.5. The molecule has 3 aromatic rings. The third-order valence-electron chi connectivity index (χ3n) is 3.15. The van der Waals surface area contributed by atoms with Crippen LogP contribution in [-0.4, -0.2) is 10.1 Å². The Morgan fingerprint density at radius 3 is 3.05 bits per heavy atom. The second-order valence-electron chi connectivity index (χ2n) is 4.51. The lowest BCUT2D eigenvalue weighted by molar-refractivity contribution is 0.177. The van der Waals surface area contributed by atoms with Gasteiger partial charge >= 0.3 is 0 Å². The highest BCUT2D eigenvalue weighted by Crippen LogP contribution is 2.26. The van der Waals surface area contributed by atoms with E-state index in [1.54, 1.807) is 29.7 Å². The predicted octanol–water partition coefficient (Wildman–Crippen LogP) is 4.36. The lowest BCUT2D eigenvalue weighted by atomic mass is 10.0. The van der Waals surface area contributed by atoms with Crippen molar-refractivity contribution in [3.05, 3.63) is 63.9 Å². The Hall–Kier alpha value is -1.49. The molecule has 20 heavy (non-hydrogen) atoms. The summed E-state index contributed by atoms with van der Waals surface area (Å²) in [7, 11) is 0. The van der Waals surface area contributed by atoms with E-state index in [9.17, 15) is 9.50 Å². The molecule has 0 amide bonds. The molecular formula is C15H11ClFNOS. The zero-order valence-corrected chi connectivity index (χ0v) is 12.0. The number of halogens is 2. The number of thiophene rings is 1. The van der Waals surface area contributed by atoms with Crippen LogP contribution in [0.2, 0.25) is 5.02 Å². The Bertz CT molecular complexity index is 758. The molecule has 0 aliphatic carbocycles. The molecule has 1 atom stereocenters. The van der Waals surface area contributed by atoms with Crippen LogP contribution < -0.4 is 0 Å². The SMILES string of the molecule is OC(Cc1cccc(Cl)c1F)c1cnc2ccsc2c1. The number of rotatable bonds is 3. The highest BCUT2D eigenvalue weighted by molar-refractivity contribution is 7.17. The fourth-order valence-electron chi connectivity index (χ4n) is 2.08. The van der Waals surface area contributed by atoms with Gasteiger partial charge in [-0.15, -0.1) is 11.3 Å². The average molecular weight is 308 g/mol.